The van der Waals surface area contributed by atoms with Crippen LogP contribution in [-0.4, -0.2) is 52.6 Å². The van der Waals surface area contributed by atoms with Crippen molar-refractivity contribution in [2.45, 2.75) is 38.8 Å². The van der Waals surface area contributed by atoms with Gasteiger partial charge in [-0.1, -0.05) is 0 Å². The van der Waals surface area contributed by atoms with E-state index >= 15 is 0 Å². The van der Waals surface area contributed by atoms with Gasteiger partial charge in [-0.2, -0.15) is 0 Å². The zero-order valence-corrected chi connectivity index (χ0v) is 10.8. The number of piperazine rings is 1. The molecule has 1 heterocycles. The van der Waals surface area contributed by atoms with Crippen LogP contribution in [0.2, 0.25) is 0 Å². The van der Waals surface area contributed by atoms with Crippen LogP contribution in [0.3, 0.4) is 0 Å². The maximum Gasteiger partial charge on any atom is 0.318 e. The van der Waals surface area contributed by atoms with Crippen molar-refractivity contribution in [3.8, 4) is 0 Å². The van der Waals surface area contributed by atoms with E-state index in [1.165, 1.54) is 4.90 Å². The lowest BCUT2D eigenvalue weighted by atomic mass is 10.1. The van der Waals surface area contributed by atoms with E-state index in [0.717, 1.165) is 0 Å². The second-order valence-corrected chi connectivity index (χ2v) is 5.28. The molecule has 0 aromatic carbocycles. The third-order valence-electron chi connectivity index (χ3n) is 2.44. The molecule has 0 bridgehead atoms. The molecule has 3 N–H and O–H groups in total. The zero-order chi connectivity index (χ0) is 13.9. The third-order valence-corrected chi connectivity index (χ3v) is 2.44. The minimum Gasteiger partial charge on any atom is -0.481 e. The van der Waals surface area contributed by atoms with Crippen molar-refractivity contribution in [3.63, 3.8) is 0 Å². The van der Waals surface area contributed by atoms with Gasteiger partial charge >= 0.3 is 12.0 Å². The number of rotatable bonds is 2. The van der Waals surface area contributed by atoms with Crippen LogP contribution in [0.25, 0.3) is 0 Å². The number of amides is 3. The number of hydrogen-bond acceptors (Lipinski definition) is 3. The van der Waals surface area contributed by atoms with Crippen LogP contribution in [0.15, 0.2) is 0 Å². The summed E-state index contributed by atoms with van der Waals surface area (Å²) < 4.78 is 0. The van der Waals surface area contributed by atoms with Gasteiger partial charge in [-0.25, -0.2) is 4.79 Å². The second kappa shape index (κ2) is 5.24. The van der Waals surface area contributed by atoms with Crippen molar-refractivity contribution in [1.82, 2.24) is 15.5 Å². The standard InChI is InChI=1S/C11H19N3O4/c1-11(2,3)13-10(18)14-5-4-12-9(17)7(14)6-8(15)16/h7H,4-6H2,1-3H3,(H,12,17)(H,13,18)(H,15,16). The normalized spacial score (nSPS) is 20.3. The van der Waals surface area contributed by atoms with Crippen molar-refractivity contribution >= 4 is 17.9 Å². The van der Waals surface area contributed by atoms with Crippen molar-refractivity contribution < 1.29 is 19.5 Å². The van der Waals surface area contributed by atoms with E-state index in [1.54, 1.807) is 0 Å². The van der Waals surface area contributed by atoms with Crippen LogP contribution in [0.1, 0.15) is 27.2 Å². The number of aliphatic carboxylic acids is 1. The molecule has 0 aromatic rings. The summed E-state index contributed by atoms with van der Waals surface area (Å²) in [7, 11) is 0. The Bertz CT molecular complexity index is 362. The van der Waals surface area contributed by atoms with Crippen LogP contribution in [-0.2, 0) is 9.59 Å². The molecule has 1 aliphatic rings. The first-order valence-electron chi connectivity index (χ1n) is 5.79. The van der Waals surface area contributed by atoms with Crippen molar-refractivity contribution in [2.24, 2.45) is 0 Å². The molecule has 1 unspecified atom stereocenters. The maximum atomic E-state index is 12.0. The Labute approximate surface area is 106 Å². The lowest BCUT2D eigenvalue weighted by molar-refractivity contribution is -0.142. The van der Waals surface area contributed by atoms with Gasteiger partial charge in [0.2, 0.25) is 5.91 Å². The molecule has 7 nitrogen and oxygen atoms in total. The molecule has 0 radical (unpaired) electrons. The fourth-order valence-electron chi connectivity index (χ4n) is 1.72. The minimum absolute atomic E-state index is 0.311. The van der Waals surface area contributed by atoms with Gasteiger partial charge in [-0.3, -0.25) is 9.59 Å². The molecule has 18 heavy (non-hydrogen) atoms. The van der Waals surface area contributed by atoms with Gasteiger partial charge in [0.05, 0.1) is 6.42 Å². The number of nitrogens with one attached hydrogen (secondary N) is 2. The highest BCUT2D eigenvalue weighted by atomic mass is 16.4. The van der Waals surface area contributed by atoms with Crippen molar-refractivity contribution in [1.29, 1.82) is 0 Å². The minimum atomic E-state index is -1.11. The molecule has 7 heteroatoms. The first-order valence-corrected chi connectivity index (χ1v) is 5.79. The Morgan fingerprint density at radius 2 is 2.11 bits per heavy atom. The highest BCUT2D eigenvalue weighted by Gasteiger charge is 2.35. The quantitative estimate of drug-likeness (QED) is 0.636. The Kier molecular flexibility index (Phi) is 4.15. The molecular formula is C11H19N3O4. The summed E-state index contributed by atoms with van der Waals surface area (Å²) >= 11 is 0. The van der Waals surface area contributed by atoms with Crippen LogP contribution in [0, 0.1) is 0 Å². The fourth-order valence-corrected chi connectivity index (χ4v) is 1.72. The molecular weight excluding hydrogens is 238 g/mol. The summed E-state index contributed by atoms with van der Waals surface area (Å²) in [5.41, 5.74) is -0.432. The molecule has 1 atom stereocenters. The lowest BCUT2D eigenvalue weighted by Crippen LogP contribution is -2.61. The van der Waals surface area contributed by atoms with Gasteiger partial charge in [0.1, 0.15) is 6.04 Å². The van der Waals surface area contributed by atoms with Gasteiger partial charge in [0, 0.05) is 18.6 Å². The fraction of sp³-hybridized carbons (Fsp3) is 0.727. The van der Waals surface area contributed by atoms with Crippen LogP contribution in [0.5, 0.6) is 0 Å². The first kappa shape index (κ1) is 14.3. The Morgan fingerprint density at radius 3 is 2.61 bits per heavy atom. The van der Waals surface area contributed by atoms with E-state index in [9.17, 15) is 14.4 Å². The number of urea groups is 1. The third kappa shape index (κ3) is 3.90. The van der Waals surface area contributed by atoms with E-state index in [1.807, 2.05) is 20.8 Å². The van der Waals surface area contributed by atoms with Gasteiger partial charge in [-0.15, -0.1) is 0 Å². The highest BCUT2D eigenvalue weighted by molar-refractivity contribution is 5.91. The summed E-state index contributed by atoms with van der Waals surface area (Å²) in [6.45, 7) is 6.11. The predicted molar refractivity (Wildman–Crippen MR) is 64.0 cm³/mol. The summed E-state index contributed by atoms with van der Waals surface area (Å²) in [6.07, 6.45) is -0.386. The van der Waals surface area contributed by atoms with Crippen molar-refractivity contribution in [3.05, 3.63) is 0 Å². The first-order chi connectivity index (χ1) is 8.20. The molecule has 0 spiro atoms. The monoisotopic (exact) mass is 257 g/mol. The van der Waals surface area contributed by atoms with E-state index in [-0.39, 0.29) is 6.42 Å². The number of carbonyl (C=O) groups is 3. The molecule has 102 valence electrons. The highest BCUT2D eigenvalue weighted by Crippen LogP contribution is 2.11. The van der Waals surface area contributed by atoms with E-state index < -0.39 is 29.5 Å². The van der Waals surface area contributed by atoms with Crippen LogP contribution < -0.4 is 10.6 Å². The second-order valence-electron chi connectivity index (χ2n) is 5.28. The molecule has 0 aliphatic carbocycles. The molecule has 0 aromatic heterocycles. The smallest absolute Gasteiger partial charge is 0.318 e. The summed E-state index contributed by atoms with van der Waals surface area (Å²) in [4.78, 5) is 35.6. The Hall–Kier alpha value is -1.79. The molecule has 1 aliphatic heterocycles. The molecule has 1 rings (SSSR count). The summed E-state index contributed by atoms with van der Waals surface area (Å²) in [6, 6.07) is -1.36. The molecule has 0 saturated carbocycles. The van der Waals surface area contributed by atoms with Gasteiger partial charge in [0.15, 0.2) is 0 Å². The number of nitrogens with zero attached hydrogens (tertiary/aromatic N) is 1. The van der Waals surface area contributed by atoms with Crippen LogP contribution in [0.4, 0.5) is 4.79 Å². The van der Waals surface area contributed by atoms with E-state index in [4.69, 9.17) is 5.11 Å². The van der Waals surface area contributed by atoms with E-state index in [0.29, 0.717) is 13.1 Å². The molecule has 3 amide bonds. The Balaban J connectivity index is 2.79. The number of carboxylic acids is 1. The number of carboxylic acid groups (broad SMARTS) is 1. The maximum absolute atomic E-state index is 12.0. The Morgan fingerprint density at radius 1 is 1.50 bits per heavy atom. The average molecular weight is 257 g/mol. The predicted octanol–water partition coefficient (Wildman–Crippen LogP) is -0.230. The van der Waals surface area contributed by atoms with E-state index in [2.05, 4.69) is 10.6 Å². The molecule has 1 fully saturated rings. The van der Waals surface area contributed by atoms with Gasteiger partial charge in [-0.05, 0) is 20.8 Å². The van der Waals surface area contributed by atoms with Gasteiger partial charge < -0.3 is 20.6 Å². The number of hydrogen-bond donors (Lipinski definition) is 3. The van der Waals surface area contributed by atoms with Crippen LogP contribution >= 0.6 is 0 Å². The average Bonchev–Trinajstić information content (AvgIpc) is 2.17. The van der Waals surface area contributed by atoms with Gasteiger partial charge in [0.25, 0.3) is 0 Å². The summed E-state index contributed by atoms with van der Waals surface area (Å²) in [5, 5.41) is 14.1. The summed E-state index contributed by atoms with van der Waals surface area (Å²) in [5.74, 6) is -1.53. The van der Waals surface area contributed by atoms with Crippen molar-refractivity contribution in [2.75, 3.05) is 13.1 Å². The lowest BCUT2D eigenvalue weighted by Gasteiger charge is -2.36. The molecule has 1 saturated heterocycles. The topological polar surface area (TPSA) is 98.7 Å². The zero-order valence-electron chi connectivity index (χ0n) is 10.8. The largest absolute Gasteiger partial charge is 0.481 e. The number of carbonyl (C=O) groups excluding carboxylic acids is 2. The SMILES string of the molecule is CC(C)(C)NC(=O)N1CCNC(=O)C1CC(=O)O.